The van der Waals surface area contributed by atoms with Gasteiger partial charge in [-0.15, -0.1) is 10.2 Å². The summed E-state index contributed by atoms with van der Waals surface area (Å²) in [6, 6.07) is 3.61. The molecule has 2 heterocycles. The van der Waals surface area contributed by atoms with Crippen LogP contribution in [0.2, 0.25) is 0 Å². The third-order valence-electron chi connectivity index (χ3n) is 2.34. The molecule has 0 aliphatic carbocycles. The van der Waals surface area contributed by atoms with Crippen LogP contribution in [0.5, 0.6) is 0 Å². The average Bonchev–Trinajstić information content (AvgIpc) is 2.99. The van der Waals surface area contributed by atoms with Gasteiger partial charge >= 0.3 is 0 Å². The van der Waals surface area contributed by atoms with Gasteiger partial charge in [0.15, 0.2) is 5.16 Å². The summed E-state index contributed by atoms with van der Waals surface area (Å²) < 4.78 is 6.92. The van der Waals surface area contributed by atoms with Crippen molar-refractivity contribution >= 4 is 17.7 Å². The second-order valence-electron chi connectivity index (χ2n) is 3.78. The predicted octanol–water partition coefficient (Wildman–Crippen LogP) is 1.21. The fraction of sp³-hybridized carbons (Fsp3) is 0.364. The van der Waals surface area contributed by atoms with Gasteiger partial charge in [-0.2, -0.15) is 0 Å². The number of hydrogen-bond acceptors (Lipinski definition) is 5. The van der Waals surface area contributed by atoms with Crippen molar-refractivity contribution in [3.05, 3.63) is 30.5 Å². The van der Waals surface area contributed by atoms with Crippen LogP contribution in [0.25, 0.3) is 0 Å². The van der Waals surface area contributed by atoms with Gasteiger partial charge in [0, 0.05) is 7.05 Å². The Labute approximate surface area is 109 Å². The molecule has 0 fully saturated rings. The molecule has 1 atom stereocenters. The van der Waals surface area contributed by atoms with Gasteiger partial charge in [-0.1, -0.05) is 11.8 Å². The van der Waals surface area contributed by atoms with Crippen LogP contribution in [0.1, 0.15) is 12.7 Å². The molecule has 6 nitrogen and oxygen atoms in total. The second-order valence-corrected chi connectivity index (χ2v) is 5.09. The number of nitrogens with one attached hydrogen (secondary N) is 1. The highest BCUT2D eigenvalue weighted by Gasteiger charge is 2.16. The van der Waals surface area contributed by atoms with Gasteiger partial charge < -0.3 is 14.3 Å². The first-order valence-corrected chi connectivity index (χ1v) is 6.35. The molecular formula is C11H14N4O2S. The quantitative estimate of drug-likeness (QED) is 0.823. The molecule has 0 saturated carbocycles. The van der Waals surface area contributed by atoms with Gasteiger partial charge in [0.25, 0.3) is 0 Å². The Morgan fingerprint density at radius 3 is 3.11 bits per heavy atom. The Morgan fingerprint density at radius 2 is 2.50 bits per heavy atom. The summed E-state index contributed by atoms with van der Waals surface area (Å²) in [5.74, 6) is 0.679. The molecule has 0 aromatic carbocycles. The van der Waals surface area contributed by atoms with Crippen molar-refractivity contribution in [3.63, 3.8) is 0 Å². The number of hydrogen-bond donors (Lipinski definition) is 1. The molecule has 0 aliphatic rings. The Morgan fingerprint density at radius 1 is 1.67 bits per heavy atom. The summed E-state index contributed by atoms with van der Waals surface area (Å²) in [5.41, 5.74) is 0. The minimum atomic E-state index is -0.233. The zero-order valence-corrected chi connectivity index (χ0v) is 11.0. The van der Waals surface area contributed by atoms with Gasteiger partial charge in [-0.25, -0.2) is 0 Å². The van der Waals surface area contributed by atoms with Crippen molar-refractivity contribution in [1.29, 1.82) is 0 Å². The van der Waals surface area contributed by atoms with Crippen molar-refractivity contribution in [1.82, 2.24) is 20.1 Å². The fourth-order valence-electron chi connectivity index (χ4n) is 1.32. The van der Waals surface area contributed by atoms with E-state index in [1.807, 2.05) is 20.0 Å². The Balaban J connectivity index is 1.83. The lowest BCUT2D eigenvalue weighted by Crippen LogP contribution is -2.30. The number of furan rings is 1. The maximum atomic E-state index is 11.8. The zero-order valence-electron chi connectivity index (χ0n) is 10.2. The van der Waals surface area contributed by atoms with Crippen molar-refractivity contribution in [2.45, 2.75) is 23.9 Å². The monoisotopic (exact) mass is 266 g/mol. The van der Waals surface area contributed by atoms with Crippen LogP contribution in [0.3, 0.4) is 0 Å². The number of aryl methyl sites for hydroxylation is 1. The van der Waals surface area contributed by atoms with Crippen molar-refractivity contribution in [2.75, 3.05) is 0 Å². The summed E-state index contributed by atoms with van der Waals surface area (Å²) in [7, 11) is 1.84. The van der Waals surface area contributed by atoms with Gasteiger partial charge in [-0.3, -0.25) is 4.79 Å². The van der Waals surface area contributed by atoms with E-state index in [-0.39, 0.29) is 11.2 Å². The molecule has 0 aliphatic heterocycles. The molecule has 7 heteroatoms. The van der Waals surface area contributed by atoms with Gasteiger partial charge in [0.2, 0.25) is 5.91 Å². The Hall–Kier alpha value is -1.76. The van der Waals surface area contributed by atoms with E-state index in [1.165, 1.54) is 11.8 Å². The SMILES string of the molecule is CC(Sc1nncn1C)C(=O)NCc1ccco1. The number of amides is 1. The molecule has 0 radical (unpaired) electrons. The maximum absolute atomic E-state index is 11.8. The molecule has 2 rings (SSSR count). The van der Waals surface area contributed by atoms with E-state index in [0.717, 1.165) is 10.9 Å². The van der Waals surface area contributed by atoms with E-state index in [4.69, 9.17) is 4.42 Å². The summed E-state index contributed by atoms with van der Waals surface area (Å²) >= 11 is 1.37. The highest BCUT2D eigenvalue weighted by atomic mass is 32.2. The van der Waals surface area contributed by atoms with Crippen LogP contribution >= 0.6 is 11.8 Å². The van der Waals surface area contributed by atoms with Gasteiger partial charge in [0.05, 0.1) is 18.1 Å². The first-order valence-electron chi connectivity index (χ1n) is 5.47. The van der Waals surface area contributed by atoms with E-state index >= 15 is 0 Å². The van der Waals surface area contributed by atoms with E-state index < -0.39 is 0 Å². The number of aromatic nitrogens is 3. The molecule has 96 valence electrons. The lowest BCUT2D eigenvalue weighted by atomic mass is 10.4. The molecule has 0 bridgehead atoms. The molecule has 0 spiro atoms. The molecular weight excluding hydrogens is 252 g/mol. The third-order valence-corrected chi connectivity index (χ3v) is 3.49. The second kappa shape index (κ2) is 5.72. The largest absolute Gasteiger partial charge is 0.467 e. The molecule has 18 heavy (non-hydrogen) atoms. The first-order chi connectivity index (χ1) is 8.66. The first kappa shape index (κ1) is 12.7. The van der Waals surface area contributed by atoms with E-state index in [0.29, 0.717) is 6.54 Å². The highest BCUT2D eigenvalue weighted by molar-refractivity contribution is 8.00. The van der Waals surface area contributed by atoms with Crippen molar-refractivity contribution < 1.29 is 9.21 Å². The number of nitrogens with zero attached hydrogens (tertiary/aromatic N) is 3. The Bertz CT molecular complexity index is 509. The predicted molar refractivity (Wildman–Crippen MR) is 66.9 cm³/mol. The minimum Gasteiger partial charge on any atom is -0.467 e. The zero-order chi connectivity index (χ0) is 13.0. The summed E-state index contributed by atoms with van der Waals surface area (Å²) in [5, 5.41) is 11.0. The lowest BCUT2D eigenvalue weighted by molar-refractivity contribution is -0.120. The summed E-state index contributed by atoms with van der Waals surface area (Å²) in [4.78, 5) is 11.8. The van der Waals surface area contributed by atoms with Gasteiger partial charge in [0.1, 0.15) is 12.1 Å². The standard InChI is InChI=1S/C11H14N4O2S/c1-8(18-11-14-13-7-15(11)2)10(16)12-6-9-4-3-5-17-9/h3-5,7-8H,6H2,1-2H3,(H,12,16). The normalized spacial score (nSPS) is 12.3. The lowest BCUT2D eigenvalue weighted by Gasteiger charge is -2.10. The fourth-order valence-corrected chi connectivity index (χ4v) is 2.14. The van der Waals surface area contributed by atoms with Crippen molar-refractivity contribution in [3.8, 4) is 0 Å². The summed E-state index contributed by atoms with van der Waals surface area (Å²) in [6.45, 7) is 2.23. The van der Waals surface area contributed by atoms with E-state index in [2.05, 4.69) is 15.5 Å². The van der Waals surface area contributed by atoms with Crippen molar-refractivity contribution in [2.24, 2.45) is 7.05 Å². The van der Waals surface area contributed by atoms with Crippen LogP contribution in [0.15, 0.2) is 34.3 Å². The Kier molecular flexibility index (Phi) is 4.03. The minimum absolute atomic E-state index is 0.0561. The van der Waals surface area contributed by atoms with Crippen LogP contribution < -0.4 is 5.32 Å². The molecule has 1 unspecified atom stereocenters. The number of rotatable bonds is 5. The van der Waals surface area contributed by atoms with Gasteiger partial charge in [-0.05, 0) is 19.1 Å². The average molecular weight is 266 g/mol. The molecule has 1 amide bonds. The van der Waals surface area contributed by atoms with Crippen LogP contribution in [0, 0.1) is 0 Å². The molecule has 1 N–H and O–H groups in total. The molecule has 2 aromatic rings. The molecule has 2 aromatic heterocycles. The van der Waals surface area contributed by atoms with E-state index in [9.17, 15) is 4.79 Å². The smallest absolute Gasteiger partial charge is 0.233 e. The highest BCUT2D eigenvalue weighted by Crippen LogP contribution is 2.19. The summed E-state index contributed by atoms with van der Waals surface area (Å²) in [6.07, 6.45) is 3.19. The maximum Gasteiger partial charge on any atom is 0.233 e. The topological polar surface area (TPSA) is 73.0 Å². The number of carbonyl (C=O) groups is 1. The van der Waals surface area contributed by atoms with E-state index in [1.54, 1.807) is 23.2 Å². The number of carbonyl (C=O) groups excluding carboxylic acids is 1. The van der Waals surface area contributed by atoms with Crippen LogP contribution in [-0.4, -0.2) is 25.9 Å². The molecule has 0 saturated heterocycles. The van der Waals surface area contributed by atoms with Crippen LogP contribution in [0.4, 0.5) is 0 Å². The number of thioether (sulfide) groups is 1. The third kappa shape index (κ3) is 3.13. The van der Waals surface area contributed by atoms with Crippen LogP contribution in [-0.2, 0) is 18.4 Å².